The summed E-state index contributed by atoms with van der Waals surface area (Å²) in [5.74, 6) is 0. The van der Waals surface area contributed by atoms with E-state index in [1.54, 1.807) is 6.92 Å². The van der Waals surface area contributed by atoms with Gasteiger partial charge in [0.15, 0.2) is 0 Å². The van der Waals surface area contributed by atoms with Gasteiger partial charge in [0.25, 0.3) is 10.1 Å². The number of hydrogen-bond acceptors (Lipinski definition) is 4. The van der Waals surface area contributed by atoms with Gasteiger partial charge in [0.2, 0.25) is 5.44 Å². The normalized spacial score (nSPS) is 16.0. The molecule has 0 aromatic heterocycles. The molecular weight excluding hydrogens is 207 g/mol. The van der Waals surface area contributed by atoms with Crippen LogP contribution in [0.5, 0.6) is 0 Å². The molecule has 0 saturated heterocycles. The molecule has 0 aromatic rings. The van der Waals surface area contributed by atoms with Crippen molar-refractivity contribution in [2.75, 3.05) is 6.61 Å². The van der Waals surface area contributed by atoms with Gasteiger partial charge in [-0.3, -0.25) is 4.55 Å². The molecule has 5 nitrogen and oxygen atoms in total. The Morgan fingerprint density at radius 3 is 2.15 bits per heavy atom. The molecule has 0 aliphatic rings. The summed E-state index contributed by atoms with van der Waals surface area (Å²) < 4.78 is 34.4. The predicted molar refractivity (Wildman–Crippen MR) is 50.4 cm³/mol. The van der Waals surface area contributed by atoms with E-state index in [0.717, 1.165) is 0 Å². The van der Waals surface area contributed by atoms with E-state index in [0.29, 0.717) is 6.42 Å². The quantitative estimate of drug-likeness (QED) is 0.477. The first-order valence-corrected chi connectivity index (χ1v) is 5.16. The monoisotopic (exact) mass is 222 g/mol. The van der Waals surface area contributed by atoms with E-state index in [-0.39, 0.29) is 36.2 Å². The van der Waals surface area contributed by atoms with Gasteiger partial charge in [0.05, 0.1) is 6.10 Å². The SMILES string of the molecule is CCCOC(C(C)O)S(=O)(=O)O.[NaH]. The second kappa shape index (κ2) is 7.17. The Morgan fingerprint density at radius 2 is 1.92 bits per heavy atom. The van der Waals surface area contributed by atoms with Crippen LogP contribution in [0.3, 0.4) is 0 Å². The van der Waals surface area contributed by atoms with Gasteiger partial charge in [-0.2, -0.15) is 8.42 Å². The Labute approximate surface area is 101 Å². The zero-order valence-corrected chi connectivity index (χ0v) is 7.91. The Hall–Kier alpha value is 0.830. The van der Waals surface area contributed by atoms with Gasteiger partial charge in [0.1, 0.15) is 0 Å². The van der Waals surface area contributed by atoms with Crippen molar-refractivity contribution in [3.05, 3.63) is 0 Å². The molecule has 76 valence electrons. The van der Waals surface area contributed by atoms with Crippen LogP contribution >= 0.6 is 0 Å². The van der Waals surface area contributed by atoms with Crippen LogP contribution in [0.4, 0.5) is 0 Å². The molecule has 13 heavy (non-hydrogen) atoms. The molecule has 0 bridgehead atoms. The molecule has 2 unspecified atom stereocenters. The van der Waals surface area contributed by atoms with E-state index in [2.05, 4.69) is 0 Å². The van der Waals surface area contributed by atoms with Gasteiger partial charge < -0.3 is 9.84 Å². The summed E-state index contributed by atoms with van der Waals surface area (Å²) in [5.41, 5.74) is -1.53. The summed E-state index contributed by atoms with van der Waals surface area (Å²) in [6.45, 7) is 3.23. The van der Waals surface area contributed by atoms with Gasteiger partial charge in [-0.15, -0.1) is 0 Å². The van der Waals surface area contributed by atoms with Crippen molar-refractivity contribution in [1.29, 1.82) is 0 Å². The molecule has 0 rings (SSSR count). The van der Waals surface area contributed by atoms with E-state index in [9.17, 15) is 8.42 Å². The number of rotatable bonds is 5. The Morgan fingerprint density at radius 1 is 1.46 bits per heavy atom. The predicted octanol–water partition coefficient (Wildman–Crippen LogP) is -0.641. The van der Waals surface area contributed by atoms with Crippen LogP contribution in [-0.4, -0.2) is 65.8 Å². The second-order valence-corrected chi connectivity index (χ2v) is 3.99. The maximum atomic E-state index is 10.5. The molecule has 7 heteroatoms. The summed E-state index contributed by atoms with van der Waals surface area (Å²) in [6, 6.07) is 0. The third kappa shape index (κ3) is 6.84. The van der Waals surface area contributed by atoms with Crippen molar-refractivity contribution in [2.24, 2.45) is 0 Å². The fourth-order valence-electron chi connectivity index (χ4n) is 0.708. The minimum absolute atomic E-state index is 0. The van der Waals surface area contributed by atoms with Crippen molar-refractivity contribution >= 4 is 39.7 Å². The summed E-state index contributed by atoms with van der Waals surface area (Å²) in [6.07, 6.45) is -0.606. The van der Waals surface area contributed by atoms with Crippen LogP contribution < -0.4 is 0 Å². The van der Waals surface area contributed by atoms with Gasteiger partial charge in [0, 0.05) is 6.61 Å². The van der Waals surface area contributed by atoms with Crippen LogP contribution in [0, 0.1) is 0 Å². The Kier molecular flexibility index (Phi) is 8.97. The first-order valence-electron chi connectivity index (χ1n) is 3.65. The average molecular weight is 222 g/mol. The van der Waals surface area contributed by atoms with Crippen LogP contribution in [0.25, 0.3) is 0 Å². The van der Waals surface area contributed by atoms with Crippen LogP contribution in [0.2, 0.25) is 0 Å². The maximum absolute atomic E-state index is 10.5. The molecule has 0 saturated carbocycles. The molecular formula is C6H15NaO5S. The summed E-state index contributed by atoms with van der Waals surface area (Å²) in [4.78, 5) is 0. The second-order valence-electron chi connectivity index (χ2n) is 2.49. The molecule has 0 heterocycles. The third-order valence-corrected chi connectivity index (χ3v) is 2.29. The zero-order valence-electron chi connectivity index (χ0n) is 7.10. The van der Waals surface area contributed by atoms with Gasteiger partial charge in [-0.05, 0) is 13.3 Å². The van der Waals surface area contributed by atoms with Gasteiger partial charge >= 0.3 is 29.6 Å². The molecule has 0 radical (unpaired) electrons. The van der Waals surface area contributed by atoms with Crippen molar-refractivity contribution in [3.63, 3.8) is 0 Å². The average Bonchev–Trinajstić information content (AvgIpc) is 1.84. The topological polar surface area (TPSA) is 83.8 Å². The van der Waals surface area contributed by atoms with E-state index in [4.69, 9.17) is 14.4 Å². The van der Waals surface area contributed by atoms with Gasteiger partial charge in [-0.1, -0.05) is 6.92 Å². The van der Waals surface area contributed by atoms with Crippen molar-refractivity contribution in [1.82, 2.24) is 0 Å². The summed E-state index contributed by atoms with van der Waals surface area (Å²) in [5, 5.41) is 8.91. The summed E-state index contributed by atoms with van der Waals surface area (Å²) >= 11 is 0. The van der Waals surface area contributed by atoms with E-state index >= 15 is 0 Å². The first-order chi connectivity index (χ1) is 5.39. The number of ether oxygens (including phenoxy) is 1. The molecule has 0 amide bonds. The van der Waals surface area contributed by atoms with Gasteiger partial charge in [-0.25, -0.2) is 0 Å². The molecule has 0 aliphatic heterocycles. The standard InChI is InChI=1S/C6H14O5S.Na.H/c1-3-4-11-6(5(2)7)12(8,9)10;;/h5-7H,3-4H2,1-2H3,(H,8,9,10);;. The fourth-order valence-corrected chi connectivity index (χ4v) is 1.47. The summed E-state index contributed by atoms with van der Waals surface area (Å²) in [7, 11) is -4.31. The Bertz CT molecular complexity index is 213. The molecule has 2 atom stereocenters. The number of aliphatic hydroxyl groups excluding tert-OH is 1. The third-order valence-electron chi connectivity index (χ3n) is 1.17. The van der Waals surface area contributed by atoms with Crippen LogP contribution in [0.1, 0.15) is 20.3 Å². The molecule has 2 N–H and O–H groups in total. The van der Waals surface area contributed by atoms with Crippen LogP contribution in [-0.2, 0) is 14.9 Å². The van der Waals surface area contributed by atoms with E-state index in [1.807, 2.05) is 0 Å². The molecule has 0 spiro atoms. The first kappa shape index (κ1) is 16.3. The number of aliphatic hydroxyl groups is 1. The molecule has 0 aliphatic carbocycles. The van der Waals surface area contributed by atoms with Crippen molar-refractivity contribution in [2.45, 2.75) is 31.8 Å². The van der Waals surface area contributed by atoms with E-state index < -0.39 is 21.7 Å². The molecule has 0 aromatic carbocycles. The Balaban J connectivity index is 0. The van der Waals surface area contributed by atoms with Crippen molar-refractivity contribution in [3.8, 4) is 0 Å². The number of hydrogen-bond donors (Lipinski definition) is 2. The van der Waals surface area contributed by atoms with Crippen molar-refractivity contribution < 1.29 is 22.8 Å². The minimum atomic E-state index is -4.31. The fraction of sp³-hybridized carbons (Fsp3) is 1.00. The molecule has 0 fully saturated rings. The zero-order chi connectivity index (χ0) is 9.78. The van der Waals surface area contributed by atoms with E-state index in [1.165, 1.54) is 6.92 Å². The van der Waals surface area contributed by atoms with Crippen LogP contribution in [0.15, 0.2) is 0 Å².